The molecule has 4 rings (SSSR count). The Morgan fingerprint density at radius 3 is 2.59 bits per heavy atom. The number of urea groups is 1. The Labute approximate surface area is 219 Å². The quantitative estimate of drug-likeness (QED) is 0.351. The van der Waals surface area contributed by atoms with Crippen molar-refractivity contribution in [3.05, 3.63) is 65.8 Å². The maximum Gasteiger partial charge on any atom is 0.316 e. The standard InChI is InChI=1S/C21H30FNO.C9H10N2O2/c22-19-12-5-4-8-17(9-6-13-19)16-20-14-7-15-23(20)21(24)18-10-2-1-3-11-18;1-6(12)7-3-2-4-8(5-7)11-9(10)13/h5-6,9,12-13,18-20H,1-4,7-8,10-11,14-16H2;2-5H,1H3,(H3,10,11,13)/b12-5-,13-6?,17-9+;/t19?,20-;/m0./s1. The Kier molecular flexibility index (Phi) is 11.1. The number of nitrogens with two attached hydrogens (primary N) is 1. The van der Waals surface area contributed by atoms with Gasteiger partial charge in [0.15, 0.2) is 5.78 Å². The summed E-state index contributed by atoms with van der Waals surface area (Å²) in [6.07, 6.45) is 19.0. The van der Waals surface area contributed by atoms with E-state index < -0.39 is 12.2 Å². The van der Waals surface area contributed by atoms with Crippen molar-refractivity contribution in [1.29, 1.82) is 0 Å². The van der Waals surface area contributed by atoms with Gasteiger partial charge in [0.2, 0.25) is 5.91 Å². The van der Waals surface area contributed by atoms with Crippen LogP contribution in [0.5, 0.6) is 0 Å². The highest BCUT2D eigenvalue weighted by Gasteiger charge is 2.33. The van der Waals surface area contributed by atoms with Gasteiger partial charge in [0.05, 0.1) is 0 Å². The van der Waals surface area contributed by atoms with Crippen LogP contribution in [0, 0.1) is 5.92 Å². The number of carbonyl (C=O) groups excluding carboxylic acids is 3. The lowest BCUT2D eigenvalue weighted by Crippen LogP contribution is -2.40. The largest absolute Gasteiger partial charge is 0.351 e. The Morgan fingerprint density at radius 1 is 1.08 bits per heavy atom. The summed E-state index contributed by atoms with van der Waals surface area (Å²) in [5, 5.41) is 2.39. The lowest BCUT2D eigenvalue weighted by molar-refractivity contribution is -0.137. The highest BCUT2D eigenvalue weighted by atomic mass is 19.1. The molecule has 2 fully saturated rings. The number of halogens is 1. The maximum absolute atomic E-state index is 13.5. The lowest BCUT2D eigenvalue weighted by atomic mass is 9.88. The molecule has 0 bridgehead atoms. The van der Waals surface area contributed by atoms with Gasteiger partial charge in [-0.15, -0.1) is 0 Å². The lowest BCUT2D eigenvalue weighted by Gasteiger charge is -2.31. The molecule has 2 aliphatic carbocycles. The van der Waals surface area contributed by atoms with Gasteiger partial charge in [-0.3, -0.25) is 9.59 Å². The summed E-state index contributed by atoms with van der Waals surface area (Å²) in [5.74, 6) is 0.622. The molecule has 3 amide bonds. The molecule has 1 saturated heterocycles. The van der Waals surface area contributed by atoms with Crippen LogP contribution in [-0.2, 0) is 4.79 Å². The van der Waals surface area contributed by atoms with Crippen molar-refractivity contribution in [3.8, 4) is 0 Å². The normalized spacial score (nSPS) is 24.4. The van der Waals surface area contributed by atoms with Gasteiger partial charge in [0, 0.05) is 29.8 Å². The van der Waals surface area contributed by atoms with Gasteiger partial charge in [-0.1, -0.05) is 61.3 Å². The number of rotatable bonds is 5. The monoisotopic (exact) mass is 509 g/mol. The van der Waals surface area contributed by atoms with E-state index >= 15 is 0 Å². The SMILES string of the molecule is CC(=O)c1cccc(NC(N)=O)c1.O=C(C1CCCCC1)N1CCC[C@H]1C/C1=C/C=CC(F)/C=C\CC1. The predicted octanol–water partition coefficient (Wildman–Crippen LogP) is 6.50. The molecule has 0 spiro atoms. The van der Waals surface area contributed by atoms with Crippen LogP contribution in [0.1, 0.15) is 81.5 Å². The van der Waals surface area contributed by atoms with Crippen LogP contribution >= 0.6 is 0 Å². The number of primary amides is 1. The number of allylic oxidation sites excluding steroid dienone is 5. The molecule has 1 unspecified atom stereocenters. The van der Waals surface area contributed by atoms with Crippen molar-refractivity contribution >= 4 is 23.4 Å². The number of anilines is 1. The average Bonchev–Trinajstić information content (AvgIpc) is 3.37. The van der Waals surface area contributed by atoms with Gasteiger partial charge in [0.1, 0.15) is 6.17 Å². The minimum absolute atomic E-state index is 0.0480. The van der Waals surface area contributed by atoms with Crippen LogP contribution in [0.4, 0.5) is 14.9 Å². The number of nitrogens with one attached hydrogen (secondary N) is 1. The third-order valence-electron chi connectivity index (χ3n) is 7.23. The van der Waals surface area contributed by atoms with E-state index in [1.165, 1.54) is 31.8 Å². The summed E-state index contributed by atoms with van der Waals surface area (Å²) in [4.78, 5) is 36.5. The second-order valence-electron chi connectivity index (χ2n) is 10.1. The zero-order valence-corrected chi connectivity index (χ0v) is 21.8. The number of alkyl halides is 1. The molecule has 1 saturated carbocycles. The van der Waals surface area contributed by atoms with Crippen molar-refractivity contribution in [1.82, 2.24) is 4.90 Å². The molecule has 6 nitrogen and oxygen atoms in total. The molecule has 3 aliphatic rings. The van der Waals surface area contributed by atoms with Crippen molar-refractivity contribution in [2.24, 2.45) is 11.7 Å². The summed E-state index contributed by atoms with van der Waals surface area (Å²) < 4.78 is 13.5. The molecular formula is C30H40FN3O3. The van der Waals surface area contributed by atoms with Crippen LogP contribution < -0.4 is 11.1 Å². The molecule has 0 radical (unpaired) electrons. The van der Waals surface area contributed by atoms with E-state index in [0.717, 1.165) is 51.5 Å². The predicted molar refractivity (Wildman–Crippen MR) is 146 cm³/mol. The first-order valence-electron chi connectivity index (χ1n) is 13.5. The van der Waals surface area contributed by atoms with E-state index in [0.29, 0.717) is 23.2 Å². The topological polar surface area (TPSA) is 92.5 Å². The van der Waals surface area contributed by atoms with Crippen LogP contribution in [0.2, 0.25) is 0 Å². The molecule has 2 atom stereocenters. The summed E-state index contributed by atoms with van der Waals surface area (Å²) in [5.41, 5.74) is 7.34. The van der Waals surface area contributed by atoms with Crippen LogP contribution in [0.3, 0.4) is 0 Å². The second kappa shape index (κ2) is 14.5. The van der Waals surface area contributed by atoms with E-state index in [9.17, 15) is 18.8 Å². The smallest absolute Gasteiger partial charge is 0.316 e. The number of hydrogen-bond acceptors (Lipinski definition) is 3. The van der Waals surface area contributed by atoms with Gasteiger partial charge < -0.3 is 16.0 Å². The summed E-state index contributed by atoms with van der Waals surface area (Å²) in [6, 6.07) is 6.31. The third kappa shape index (κ3) is 9.30. The average molecular weight is 510 g/mol. The second-order valence-corrected chi connectivity index (χ2v) is 10.1. The zero-order chi connectivity index (χ0) is 26.6. The number of nitrogens with zero attached hydrogens (tertiary/aromatic N) is 1. The Balaban J connectivity index is 0.000000248. The van der Waals surface area contributed by atoms with Crippen LogP contribution in [-0.4, -0.2) is 41.4 Å². The number of ketones is 1. The first-order valence-corrected chi connectivity index (χ1v) is 13.5. The first-order chi connectivity index (χ1) is 17.8. The molecule has 1 aromatic rings. The molecule has 7 heteroatoms. The zero-order valence-electron chi connectivity index (χ0n) is 21.8. The van der Waals surface area contributed by atoms with Gasteiger partial charge in [-0.05, 0) is 70.1 Å². The molecule has 1 heterocycles. The van der Waals surface area contributed by atoms with E-state index in [-0.39, 0.29) is 11.7 Å². The number of likely N-dealkylation sites (tertiary alicyclic amines) is 1. The number of hydrogen-bond donors (Lipinski definition) is 2. The van der Waals surface area contributed by atoms with Crippen LogP contribution in [0.15, 0.2) is 60.2 Å². The van der Waals surface area contributed by atoms with E-state index in [1.807, 2.05) is 12.2 Å². The van der Waals surface area contributed by atoms with Crippen molar-refractivity contribution in [2.75, 3.05) is 11.9 Å². The third-order valence-corrected chi connectivity index (χ3v) is 7.23. The number of Topliss-reactive ketones (excluding diaryl/α,β-unsaturated/α-hetero) is 1. The molecule has 1 aliphatic heterocycles. The number of amides is 3. The Hall–Kier alpha value is -3.22. The maximum atomic E-state index is 13.5. The fourth-order valence-corrected chi connectivity index (χ4v) is 5.29. The van der Waals surface area contributed by atoms with Gasteiger partial charge in [-0.25, -0.2) is 9.18 Å². The van der Waals surface area contributed by atoms with Gasteiger partial charge in [0.25, 0.3) is 0 Å². The summed E-state index contributed by atoms with van der Waals surface area (Å²) in [7, 11) is 0. The molecule has 0 aromatic heterocycles. The molecule has 1 aromatic carbocycles. The first kappa shape index (κ1) is 28.4. The van der Waals surface area contributed by atoms with Crippen molar-refractivity contribution in [3.63, 3.8) is 0 Å². The minimum atomic E-state index is -0.976. The Bertz CT molecular complexity index is 1030. The van der Waals surface area contributed by atoms with Gasteiger partial charge in [-0.2, -0.15) is 0 Å². The molecular weight excluding hydrogens is 469 g/mol. The fraction of sp³-hybridized carbons (Fsp3) is 0.500. The Morgan fingerprint density at radius 2 is 1.86 bits per heavy atom. The van der Waals surface area contributed by atoms with Crippen molar-refractivity contribution < 1.29 is 18.8 Å². The van der Waals surface area contributed by atoms with Crippen molar-refractivity contribution in [2.45, 2.75) is 83.3 Å². The van der Waals surface area contributed by atoms with Crippen LogP contribution in [0.25, 0.3) is 0 Å². The number of benzene rings is 1. The molecule has 3 N–H and O–H groups in total. The van der Waals surface area contributed by atoms with E-state index in [4.69, 9.17) is 5.73 Å². The highest BCUT2D eigenvalue weighted by Crippen LogP contribution is 2.31. The number of carbonyl (C=O) groups is 3. The van der Waals surface area contributed by atoms with E-state index in [1.54, 1.807) is 36.4 Å². The minimum Gasteiger partial charge on any atom is -0.351 e. The molecule has 200 valence electrons. The molecule has 37 heavy (non-hydrogen) atoms. The van der Waals surface area contributed by atoms with E-state index in [2.05, 4.69) is 16.3 Å². The summed E-state index contributed by atoms with van der Waals surface area (Å²) in [6.45, 7) is 2.39. The highest BCUT2D eigenvalue weighted by molar-refractivity contribution is 5.96. The van der Waals surface area contributed by atoms with Gasteiger partial charge >= 0.3 is 6.03 Å². The summed E-state index contributed by atoms with van der Waals surface area (Å²) >= 11 is 0. The fourth-order valence-electron chi connectivity index (χ4n) is 5.29.